The molecule has 38 heavy (non-hydrogen) atoms. The molecule has 8 heteroatoms. The Kier molecular flexibility index (Phi) is 8.65. The second-order valence-corrected chi connectivity index (χ2v) is 11.3. The highest BCUT2D eigenvalue weighted by Gasteiger charge is 2.34. The SMILES string of the molecule is C[C@H]1CCCCN1c1cc(Oc2ccccc2)nc(NC(=S)NCC2(c3cccc(Cl)c3)CCCCC2)n1. The summed E-state index contributed by atoms with van der Waals surface area (Å²) in [5, 5.41) is 8.01. The van der Waals surface area contributed by atoms with E-state index in [1.807, 2.05) is 48.5 Å². The van der Waals surface area contributed by atoms with Crippen molar-refractivity contribution in [3.05, 3.63) is 71.2 Å². The van der Waals surface area contributed by atoms with E-state index >= 15 is 0 Å². The predicted molar refractivity (Wildman–Crippen MR) is 160 cm³/mol. The Morgan fingerprint density at radius 1 is 1.03 bits per heavy atom. The monoisotopic (exact) mass is 549 g/mol. The molecule has 1 aliphatic carbocycles. The molecule has 2 heterocycles. The molecule has 1 aliphatic heterocycles. The number of hydrogen-bond donors (Lipinski definition) is 2. The van der Waals surface area contributed by atoms with Gasteiger partial charge in [-0.15, -0.1) is 0 Å². The first-order valence-electron chi connectivity index (χ1n) is 13.7. The first-order chi connectivity index (χ1) is 18.5. The molecule has 0 spiro atoms. The van der Waals surface area contributed by atoms with Gasteiger partial charge < -0.3 is 20.3 Å². The van der Waals surface area contributed by atoms with Gasteiger partial charge in [-0.1, -0.05) is 61.2 Å². The normalized spacial score (nSPS) is 19.0. The lowest BCUT2D eigenvalue weighted by molar-refractivity contribution is 0.292. The van der Waals surface area contributed by atoms with Gasteiger partial charge in [0.1, 0.15) is 11.6 Å². The van der Waals surface area contributed by atoms with E-state index in [9.17, 15) is 0 Å². The van der Waals surface area contributed by atoms with Crippen molar-refractivity contribution in [3.8, 4) is 11.6 Å². The summed E-state index contributed by atoms with van der Waals surface area (Å²) >= 11 is 12.1. The number of benzene rings is 2. The molecular weight excluding hydrogens is 514 g/mol. The average Bonchev–Trinajstić information content (AvgIpc) is 2.93. The zero-order valence-corrected chi connectivity index (χ0v) is 23.5. The molecule has 6 nitrogen and oxygen atoms in total. The Balaban J connectivity index is 1.34. The summed E-state index contributed by atoms with van der Waals surface area (Å²) in [4.78, 5) is 11.8. The molecule has 1 saturated heterocycles. The zero-order chi connectivity index (χ0) is 26.4. The third kappa shape index (κ3) is 6.56. The van der Waals surface area contributed by atoms with Crippen LogP contribution in [0, 0.1) is 0 Å². The van der Waals surface area contributed by atoms with E-state index in [0.717, 1.165) is 55.4 Å². The highest BCUT2D eigenvalue weighted by atomic mass is 35.5. The van der Waals surface area contributed by atoms with Crippen molar-refractivity contribution < 1.29 is 4.74 Å². The number of thiocarbonyl (C=S) groups is 1. The summed E-state index contributed by atoms with van der Waals surface area (Å²) in [5.74, 6) is 2.51. The molecule has 1 saturated carbocycles. The number of para-hydroxylation sites is 1. The van der Waals surface area contributed by atoms with Crippen molar-refractivity contribution in [2.24, 2.45) is 0 Å². The number of nitrogens with zero attached hydrogens (tertiary/aromatic N) is 3. The van der Waals surface area contributed by atoms with Crippen molar-refractivity contribution >= 4 is 40.7 Å². The summed E-state index contributed by atoms with van der Waals surface area (Å²) in [5.41, 5.74) is 1.28. The van der Waals surface area contributed by atoms with Gasteiger partial charge in [0.15, 0.2) is 5.11 Å². The second-order valence-electron chi connectivity index (χ2n) is 10.5. The van der Waals surface area contributed by atoms with Gasteiger partial charge in [-0.25, -0.2) is 0 Å². The molecule has 2 N–H and O–H groups in total. The summed E-state index contributed by atoms with van der Waals surface area (Å²) in [7, 11) is 0. The Hall–Kier alpha value is -2.90. The average molecular weight is 550 g/mol. The van der Waals surface area contributed by atoms with E-state index in [4.69, 9.17) is 33.5 Å². The first-order valence-corrected chi connectivity index (χ1v) is 14.5. The van der Waals surface area contributed by atoms with Gasteiger partial charge in [0, 0.05) is 35.6 Å². The molecule has 2 fully saturated rings. The van der Waals surface area contributed by atoms with E-state index in [1.54, 1.807) is 0 Å². The fourth-order valence-corrected chi connectivity index (χ4v) is 6.08. The Bertz CT molecular complexity index is 1230. The van der Waals surface area contributed by atoms with Gasteiger partial charge in [0.05, 0.1) is 0 Å². The summed E-state index contributed by atoms with van der Waals surface area (Å²) in [6.07, 6.45) is 9.42. The Morgan fingerprint density at radius 2 is 1.84 bits per heavy atom. The number of nitrogens with one attached hydrogen (secondary N) is 2. The van der Waals surface area contributed by atoms with E-state index in [-0.39, 0.29) is 5.41 Å². The highest BCUT2D eigenvalue weighted by Crippen LogP contribution is 2.40. The van der Waals surface area contributed by atoms with Gasteiger partial charge in [-0.05, 0) is 81.1 Å². The number of hydrogen-bond acceptors (Lipinski definition) is 5. The van der Waals surface area contributed by atoms with E-state index in [0.29, 0.717) is 23.0 Å². The summed E-state index contributed by atoms with van der Waals surface area (Å²) < 4.78 is 6.11. The van der Waals surface area contributed by atoms with Crippen molar-refractivity contribution in [1.29, 1.82) is 0 Å². The number of piperidine rings is 1. The molecule has 200 valence electrons. The van der Waals surface area contributed by atoms with Crippen LogP contribution < -0.4 is 20.3 Å². The van der Waals surface area contributed by atoms with E-state index in [2.05, 4.69) is 39.6 Å². The summed E-state index contributed by atoms with van der Waals surface area (Å²) in [6, 6.07) is 20.3. The van der Waals surface area contributed by atoms with Crippen LogP contribution in [0.15, 0.2) is 60.7 Å². The van der Waals surface area contributed by atoms with Crippen LogP contribution >= 0.6 is 23.8 Å². The minimum atomic E-state index is 0.00239. The minimum Gasteiger partial charge on any atom is -0.439 e. The molecule has 2 aliphatic rings. The zero-order valence-electron chi connectivity index (χ0n) is 22.0. The number of halogens is 1. The van der Waals surface area contributed by atoms with Gasteiger partial charge in [0.2, 0.25) is 11.8 Å². The van der Waals surface area contributed by atoms with Crippen LogP contribution in [0.4, 0.5) is 11.8 Å². The highest BCUT2D eigenvalue weighted by molar-refractivity contribution is 7.80. The number of ether oxygens (including phenoxy) is 1. The molecule has 3 aromatic rings. The summed E-state index contributed by atoms with van der Waals surface area (Å²) in [6.45, 7) is 3.94. The topological polar surface area (TPSA) is 62.3 Å². The van der Waals surface area contributed by atoms with E-state index < -0.39 is 0 Å². The van der Waals surface area contributed by atoms with Crippen LogP contribution in [0.2, 0.25) is 5.02 Å². The fraction of sp³-hybridized carbons (Fsp3) is 0.433. The van der Waals surface area contributed by atoms with Crippen molar-refractivity contribution in [3.63, 3.8) is 0 Å². The second kappa shape index (κ2) is 12.3. The molecule has 0 bridgehead atoms. The van der Waals surface area contributed by atoms with Gasteiger partial charge in [-0.3, -0.25) is 0 Å². The van der Waals surface area contributed by atoms with Gasteiger partial charge in [-0.2, -0.15) is 9.97 Å². The first kappa shape index (κ1) is 26.7. The molecule has 1 atom stereocenters. The molecule has 0 unspecified atom stereocenters. The number of anilines is 2. The van der Waals surface area contributed by atoms with Crippen LogP contribution in [-0.2, 0) is 5.41 Å². The predicted octanol–water partition coefficient (Wildman–Crippen LogP) is 7.49. The lowest BCUT2D eigenvalue weighted by atomic mass is 9.69. The molecule has 1 aromatic heterocycles. The lowest BCUT2D eigenvalue weighted by Crippen LogP contribution is -2.43. The van der Waals surface area contributed by atoms with Gasteiger partial charge >= 0.3 is 0 Å². The number of aromatic nitrogens is 2. The number of rotatable bonds is 7. The lowest BCUT2D eigenvalue weighted by Gasteiger charge is -2.38. The maximum atomic E-state index is 6.37. The fourth-order valence-electron chi connectivity index (χ4n) is 5.73. The smallest absolute Gasteiger partial charge is 0.234 e. The van der Waals surface area contributed by atoms with Gasteiger partial charge in [0.25, 0.3) is 0 Å². The van der Waals surface area contributed by atoms with Crippen LogP contribution in [0.25, 0.3) is 0 Å². The maximum Gasteiger partial charge on any atom is 0.234 e. The Morgan fingerprint density at radius 3 is 2.61 bits per heavy atom. The third-order valence-electron chi connectivity index (χ3n) is 7.81. The largest absolute Gasteiger partial charge is 0.439 e. The van der Waals surface area contributed by atoms with Crippen LogP contribution in [-0.4, -0.2) is 34.2 Å². The minimum absolute atomic E-state index is 0.00239. The van der Waals surface area contributed by atoms with Crippen molar-refractivity contribution in [1.82, 2.24) is 15.3 Å². The van der Waals surface area contributed by atoms with Crippen molar-refractivity contribution in [2.45, 2.75) is 69.7 Å². The molecular formula is C30H36ClN5OS. The van der Waals surface area contributed by atoms with Crippen LogP contribution in [0.5, 0.6) is 11.6 Å². The molecule has 0 radical (unpaired) electrons. The molecule has 0 amide bonds. The quantitative estimate of drug-likeness (QED) is 0.296. The molecule has 2 aromatic carbocycles. The van der Waals surface area contributed by atoms with Crippen LogP contribution in [0.3, 0.4) is 0 Å². The molecule has 5 rings (SSSR count). The van der Waals surface area contributed by atoms with Crippen molar-refractivity contribution in [2.75, 3.05) is 23.3 Å². The third-order valence-corrected chi connectivity index (χ3v) is 8.29. The van der Waals surface area contributed by atoms with E-state index in [1.165, 1.54) is 31.2 Å². The van der Waals surface area contributed by atoms with Crippen LogP contribution in [0.1, 0.15) is 63.9 Å². The maximum absolute atomic E-state index is 6.37. The standard InChI is InChI=1S/C30H36ClN5OS/c1-22-11-6-9-18-36(22)26-20-27(37-25-14-4-2-5-15-25)34-28(33-26)35-29(38)32-21-30(16-7-3-8-17-30)23-12-10-13-24(31)19-23/h2,4-5,10,12-15,19-20,22H,3,6-9,11,16-18,21H2,1H3,(H2,32,33,34,35,38)/t22-/m0/s1. The Labute approximate surface area is 236 Å².